The van der Waals surface area contributed by atoms with Crippen LogP contribution in [-0.4, -0.2) is 39.8 Å². The van der Waals surface area contributed by atoms with Crippen molar-refractivity contribution in [3.8, 4) is 22.9 Å². The fourth-order valence-electron chi connectivity index (χ4n) is 2.42. The normalized spacial score (nSPS) is 10.6. The highest BCUT2D eigenvalue weighted by Gasteiger charge is 2.14. The number of amides is 1. The van der Waals surface area contributed by atoms with E-state index < -0.39 is 17.5 Å². The van der Waals surface area contributed by atoms with Crippen LogP contribution in [-0.2, 0) is 11.3 Å². The van der Waals surface area contributed by atoms with Gasteiger partial charge in [-0.25, -0.2) is 8.78 Å². The van der Waals surface area contributed by atoms with Gasteiger partial charge in [-0.3, -0.25) is 4.79 Å². The van der Waals surface area contributed by atoms with Gasteiger partial charge in [0.2, 0.25) is 11.7 Å². The number of hydrogen-bond acceptors (Lipinski definition) is 6. The molecule has 0 unspecified atom stereocenters. The van der Waals surface area contributed by atoms with Crippen molar-refractivity contribution < 1.29 is 23.0 Å². The number of nitrogens with zero attached hydrogens (tertiary/aromatic N) is 4. The minimum atomic E-state index is -0.873. The molecular weight excluding hydrogens is 372 g/mol. The topological polar surface area (TPSA) is 91.2 Å². The van der Waals surface area contributed by atoms with E-state index in [1.54, 1.807) is 18.2 Å². The van der Waals surface area contributed by atoms with Crippen molar-refractivity contribution in [3.05, 3.63) is 48.0 Å². The van der Waals surface area contributed by atoms with E-state index in [0.717, 1.165) is 16.9 Å². The summed E-state index contributed by atoms with van der Waals surface area (Å²) in [6.45, 7) is 2.02. The van der Waals surface area contributed by atoms with Gasteiger partial charge < -0.3 is 14.8 Å². The van der Waals surface area contributed by atoms with Crippen LogP contribution in [0, 0.1) is 11.6 Å². The number of tetrazole rings is 1. The van der Waals surface area contributed by atoms with Gasteiger partial charge in [0.15, 0.2) is 11.5 Å². The molecule has 28 heavy (non-hydrogen) atoms. The average Bonchev–Trinajstić information content (AvgIpc) is 3.12. The van der Waals surface area contributed by atoms with Gasteiger partial charge in [-0.05, 0) is 42.5 Å². The van der Waals surface area contributed by atoms with Crippen molar-refractivity contribution in [2.45, 2.75) is 13.5 Å². The first-order valence-electron chi connectivity index (χ1n) is 8.34. The number of benzene rings is 2. The third-order valence-electron chi connectivity index (χ3n) is 3.66. The number of nitrogens with one attached hydrogen (secondary N) is 1. The second-order valence-electron chi connectivity index (χ2n) is 5.61. The molecule has 8 nitrogen and oxygen atoms in total. The number of carbonyl (C=O) groups excluding carboxylic acids is 1. The highest BCUT2D eigenvalue weighted by molar-refractivity contribution is 5.90. The summed E-state index contributed by atoms with van der Waals surface area (Å²) in [6.07, 6.45) is 0. The predicted molar refractivity (Wildman–Crippen MR) is 96.0 cm³/mol. The molecule has 1 N–H and O–H groups in total. The SMILES string of the molecule is CCOc1cc(-c2nnn(CC(=O)Nc3ccc(F)cc3F)n2)ccc1OC. The molecule has 0 saturated carbocycles. The quantitative estimate of drug-likeness (QED) is 0.668. The van der Waals surface area contributed by atoms with Crippen LogP contribution >= 0.6 is 0 Å². The molecule has 1 amide bonds. The summed E-state index contributed by atoms with van der Waals surface area (Å²) in [5.74, 6) is -0.808. The van der Waals surface area contributed by atoms with Crippen LogP contribution in [0.3, 0.4) is 0 Å². The second kappa shape index (κ2) is 8.42. The number of carbonyl (C=O) groups is 1. The Hall–Kier alpha value is -3.56. The predicted octanol–water partition coefficient (Wildman–Crippen LogP) is 2.66. The number of rotatable bonds is 7. The lowest BCUT2D eigenvalue weighted by Gasteiger charge is -2.09. The van der Waals surface area contributed by atoms with Gasteiger partial charge in [-0.1, -0.05) is 0 Å². The molecule has 146 valence electrons. The summed E-state index contributed by atoms with van der Waals surface area (Å²) in [5.41, 5.74) is 0.490. The van der Waals surface area contributed by atoms with Crippen LogP contribution in [0.15, 0.2) is 36.4 Å². The van der Waals surface area contributed by atoms with Gasteiger partial charge in [0, 0.05) is 11.6 Å². The van der Waals surface area contributed by atoms with E-state index in [1.807, 2.05) is 6.92 Å². The van der Waals surface area contributed by atoms with Gasteiger partial charge in [0.05, 0.1) is 19.4 Å². The first-order valence-corrected chi connectivity index (χ1v) is 8.34. The number of anilines is 1. The smallest absolute Gasteiger partial charge is 0.248 e. The van der Waals surface area contributed by atoms with Crippen LogP contribution in [0.25, 0.3) is 11.4 Å². The minimum Gasteiger partial charge on any atom is -0.493 e. The summed E-state index contributed by atoms with van der Waals surface area (Å²) >= 11 is 0. The Bertz CT molecular complexity index is 993. The molecule has 1 aromatic heterocycles. The zero-order valence-corrected chi connectivity index (χ0v) is 15.1. The standard InChI is InChI=1S/C18H17F2N5O3/c1-3-28-16-8-11(4-7-15(16)27-2)18-22-24-25(23-18)10-17(26)21-14-6-5-12(19)9-13(14)20/h4-9H,3,10H2,1-2H3,(H,21,26). The number of halogens is 2. The van der Waals surface area contributed by atoms with Gasteiger partial charge >= 0.3 is 0 Å². The zero-order valence-electron chi connectivity index (χ0n) is 15.1. The monoisotopic (exact) mass is 389 g/mol. The van der Waals surface area contributed by atoms with E-state index in [-0.39, 0.29) is 18.1 Å². The van der Waals surface area contributed by atoms with Crippen molar-refractivity contribution in [1.29, 1.82) is 0 Å². The maximum atomic E-state index is 13.6. The lowest BCUT2D eigenvalue weighted by atomic mass is 10.2. The number of aromatic nitrogens is 4. The maximum Gasteiger partial charge on any atom is 0.248 e. The van der Waals surface area contributed by atoms with E-state index >= 15 is 0 Å². The maximum absolute atomic E-state index is 13.6. The van der Waals surface area contributed by atoms with Gasteiger partial charge in [0.25, 0.3) is 0 Å². The summed E-state index contributed by atoms with van der Waals surface area (Å²) in [4.78, 5) is 13.1. The van der Waals surface area contributed by atoms with Gasteiger partial charge in [-0.15, -0.1) is 10.2 Å². The van der Waals surface area contributed by atoms with Crippen LogP contribution in [0.4, 0.5) is 14.5 Å². The molecule has 0 radical (unpaired) electrons. The van der Waals surface area contributed by atoms with Gasteiger partial charge in [0.1, 0.15) is 18.2 Å². The summed E-state index contributed by atoms with van der Waals surface area (Å²) in [5, 5.41) is 14.2. The van der Waals surface area contributed by atoms with Crippen LogP contribution in [0.5, 0.6) is 11.5 Å². The Morgan fingerprint density at radius 2 is 2.00 bits per heavy atom. The molecule has 2 aromatic carbocycles. The number of ether oxygens (including phenoxy) is 2. The molecule has 0 bridgehead atoms. The summed E-state index contributed by atoms with van der Waals surface area (Å²) < 4.78 is 37.3. The third kappa shape index (κ3) is 4.40. The fourth-order valence-corrected chi connectivity index (χ4v) is 2.42. The molecule has 10 heteroatoms. The van der Waals surface area contributed by atoms with Crippen molar-refractivity contribution in [3.63, 3.8) is 0 Å². The Labute approximate surface area is 159 Å². The highest BCUT2D eigenvalue weighted by atomic mass is 19.1. The molecule has 0 spiro atoms. The zero-order chi connectivity index (χ0) is 20.1. The first-order chi connectivity index (χ1) is 13.5. The van der Waals surface area contributed by atoms with Gasteiger partial charge in [-0.2, -0.15) is 4.80 Å². The van der Waals surface area contributed by atoms with Crippen molar-refractivity contribution in [2.75, 3.05) is 19.0 Å². The van der Waals surface area contributed by atoms with Crippen LogP contribution in [0.2, 0.25) is 0 Å². The molecule has 3 aromatic rings. The molecular formula is C18H17F2N5O3. The molecule has 0 fully saturated rings. The number of methoxy groups -OCH3 is 1. The van der Waals surface area contributed by atoms with E-state index in [1.165, 1.54) is 7.11 Å². The van der Waals surface area contributed by atoms with Crippen molar-refractivity contribution in [1.82, 2.24) is 20.2 Å². The van der Waals surface area contributed by atoms with E-state index in [4.69, 9.17) is 9.47 Å². The van der Waals surface area contributed by atoms with Crippen molar-refractivity contribution in [2.24, 2.45) is 0 Å². The van der Waals surface area contributed by atoms with Crippen molar-refractivity contribution >= 4 is 11.6 Å². The first kappa shape index (κ1) is 19.2. The molecule has 0 aliphatic rings. The molecule has 3 rings (SSSR count). The van der Waals surface area contributed by atoms with Crippen LogP contribution < -0.4 is 14.8 Å². The molecule has 1 heterocycles. The third-order valence-corrected chi connectivity index (χ3v) is 3.66. The fraction of sp³-hybridized carbons (Fsp3) is 0.222. The highest BCUT2D eigenvalue weighted by Crippen LogP contribution is 2.31. The molecule has 0 saturated heterocycles. The Morgan fingerprint density at radius 3 is 2.71 bits per heavy atom. The Balaban J connectivity index is 1.71. The molecule has 0 aliphatic heterocycles. The summed E-state index contributed by atoms with van der Waals surface area (Å²) in [7, 11) is 1.54. The average molecular weight is 389 g/mol. The van der Waals surface area contributed by atoms with E-state index in [2.05, 4.69) is 20.7 Å². The van der Waals surface area contributed by atoms with E-state index in [9.17, 15) is 13.6 Å². The van der Waals surface area contributed by atoms with E-state index in [0.29, 0.717) is 29.7 Å². The Kier molecular flexibility index (Phi) is 5.78. The lowest BCUT2D eigenvalue weighted by molar-refractivity contribution is -0.117. The van der Waals surface area contributed by atoms with Crippen LogP contribution in [0.1, 0.15) is 6.92 Å². The minimum absolute atomic E-state index is 0.136. The largest absolute Gasteiger partial charge is 0.493 e. The molecule has 0 atom stereocenters. The molecule has 0 aliphatic carbocycles. The summed E-state index contributed by atoms with van der Waals surface area (Å²) in [6, 6.07) is 8.01. The second-order valence-corrected chi connectivity index (χ2v) is 5.61. The Morgan fingerprint density at radius 1 is 1.18 bits per heavy atom. The number of hydrogen-bond donors (Lipinski definition) is 1. The lowest BCUT2D eigenvalue weighted by Crippen LogP contribution is -2.21.